The van der Waals surface area contributed by atoms with Crippen molar-refractivity contribution in [2.75, 3.05) is 12.3 Å². The molecular formula is C27H27N3O2S. The molecule has 0 spiro atoms. The van der Waals surface area contributed by atoms with Crippen LogP contribution in [0.1, 0.15) is 30.4 Å². The summed E-state index contributed by atoms with van der Waals surface area (Å²) in [6, 6.07) is 28.0. The van der Waals surface area contributed by atoms with Gasteiger partial charge in [0.05, 0.1) is 16.7 Å². The smallest absolute Gasteiger partial charge is 0.262 e. The Kier molecular flexibility index (Phi) is 7.58. The normalized spacial score (nSPS) is 11.1. The van der Waals surface area contributed by atoms with Crippen LogP contribution in [0.2, 0.25) is 0 Å². The Bertz CT molecular complexity index is 1230. The molecular weight excluding hydrogens is 430 g/mol. The summed E-state index contributed by atoms with van der Waals surface area (Å²) in [7, 11) is 0. The third kappa shape index (κ3) is 5.52. The van der Waals surface area contributed by atoms with Crippen molar-refractivity contribution in [3.63, 3.8) is 0 Å². The maximum absolute atomic E-state index is 12.8. The Morgan fingerprint density at radius 3 is 2.18 bits per heavy atom. The monoisotopic (exact) mass is 457 g/mol. The van der Waals surface area contributed by atoms with Gasteiger partial charge in [0.25, 0.3) is 5.56 Å². The van der Waals surface area contributed by atoms with E-state index in [9.17, 15) is 9.59 Å². The number of nitrogens with one attached hydrogen (secondary N) is 1. The minimum atomic E-state index is -0.0698. The molecule has 5 nitrogen and oxygen atoms in total. The van der Waals surface area contributed by atoms with Crippen molar-refractivity contribution < 1.29 is 4.79 Å². The van der Waals surface area contributed by atoms with Crippen LogP contribution in [-0.4, -0.2) is 27.8 Å². The number of amides is 1. The zero-order valence-electron chi connectivity index (χ0n) is 18.6. The molecule has 0 bridgehead atoms. The SMILES string of the molecule is CCn1c(SCC(=O)NCCC(c2ccccc2)c2ccccc2)nc2ccccc2c1=O. The zero-order chi connectivity index (χ0) is 23.0. The van der Waals surface area contributed by atoms with Gasteiger partial charge in [0.1, 0.15) is 0 Å². The fourth-order valence-corrected chi connectivity index (χ4v) is 4.86. The average Bonchev–Trinajstić information content (AvgIpc) is 2.86. The van der Waals surface area contributed by atoms with Gasteiger partial charge >= 0.3 is 0 Å². The van der Waals surface area contributed by atoms with Crippen molar-refractivity contribution in [1.29, 1.82) is 0 Å². The third-order valence-corrected chi connectivity index (χ3v) is 6.61. The molecule has 1 aromatic heterocycles. The summed E-state index contributed by atoms with van der Waals surface area (Å²) in [5, 5.41) is 4.21. The topological polar surface area (TPSA) is 64.0 Å². The Hall–Kier alpha value is -3.38. The first kappa shape index (κ1) is 22.8. The number of para-hydroxylation sites is 1. The first-order valence-electron chi connectivity index (χ1n) is 11.2. The van der Waals surface area contributed by atoms with Crippen molar-refractivity contribution in [2.24, 2.45) is 0 Å². The lowest BCUT2D eigenvalue weighted by Gasteiger charge is -2.18. The Balaban J connectivity index is 1.39. The molecule has 6 heteroatoms. The number of carbonyl (C=O) groups excluding carboxylic acids is 1. The summed E-state index contributed by atoms with van der Waals surface area (Å²) in [4.78, 5) is 29.9. The molecule has 0 atom stereocenters. The molecule has 0 unspecified atom stereocenters. The molecule has 0 aliphatic heterocycles. The van der Waals surface area contributed by atoms with Gasteiger partial charge in [0, 0.05) is 19.0 Å². The fraction of sp³-hybridized carbons (Fsp3) is 0.222. The van der Waals surface area contributed by atoms with E-state index in [2.05, 4.69) is 34.6 Å². The van der Waals surface area contributed by atoms with Crippen LogP contribution in [0.4, 0.5) is 0 Å². The standard InChI is InChI=1S/C27H27N3O2S/c1-2-30-26(32)23-15-9-10-16-24(23)29-27(30)33-19-25(31)28-18-17-22(20-11-5-3-6-12-20)21-13-7-4-8-14-21/h3-16,22H,2,17-19H2,1H3,(H,28,31). The van der Waals surface area contributed by atoms with Crippen LogP contribution in [0.25, 0.3) is 10.9 Å². The number of nitrogens with zero attached hydrogens (tertiary/aromatic N) is 2. The maximum Gasteiger partial charge on any atom is 0.262 e. The quantitative estimate of drug-likeness (QED) is 0.288. The predicted octanol–water partition coefficient (Wildman–Crippen LogP) is 4.85. The zero-order valence-corrected chi connectivity index (χ0v) is 19.4. The highest BCUT2D eigenvalue weighted by atomic mass is 32.2. The number of benzene rings is 3. The van der Waals surface area contributed by atoms with E-state index >= 15 is 0 Å². The van der Waals surface area contributed by atoms with Crippen molar-refractivity contribution in [3.8, 4) is 0 Å². The molecule has 4 rings (SSSR count). The molecule has 0 fully saturated rings. The number of hydrogen-bond donors (Lipinski definition) is 1. The molecule has 0 saturated carbocycles. The van der Waals surface area contributed by atoms with Crippen LogP contribution >= 0.6 is 11.8 Å². The number of aromatic nitrogens is 2. The minimum Gasteiger partial charge on any atom is -0.355 e. The number of fused-ring (bicyclic) bond motifs is 1. The summed E-state index contributed by atoms with van der Waals surface area (Å²) in [5.74, 6) is 0.365. The second kappa shape index (κ2) is 11.0. The van der Waals surface area contributed by atoms with E-state index in [-0.39, 0.29) is 23.1 Å². The molecule has 0 radical (unpaired) electrons. The van der Waals surface area contributed by atoms with Gasteiger partial charge in [-0.25, -0.2) is 4.98 Å². The molecule has 1 N–H and O–H groups in total. The van der Waals surface area contributed by atoms with E-state index < -0.39 is 0 Å². The van der Waals surface area contributed by atoms with Gasteiger partial charge in [0.15, 0.2) is 5.16 Å². The van der Waals surface area contributed by atoms with Gasteiger partial charge in [-0.05, 0) is 36.6 Å². The summed E-state index contributed by atoms with van der Waals surface area (Å²) in [6.45, 7) is 2.99. The lowest BCUT2D eigenvalue weighted by Crippen LogP contribution is -2.28. The summed E-state index contributed by atoms with van der Waals surface area (Å²) in [5.41, 5.74) is 3.06. The van der Waals surface area contributed by atoms with E-state index in [0.717, 1.165) is 6.42 Å². The Morgan fingerprint density at radius 1 is 0.939 bits per heavy atom. The molecule has 168 valence electrons. The van der Waals surface area contributed by atoms with E-state index in [4.69, 9.17) is 0 Å². The number of hydrogen-bond acceptors (Lipinski definition) is 4. The summed E-state index contributed by atoms with van der Waals surface area (Å²) >= 11 is 1.30. The lowest BCUT2D eigenvalue weighted by atomic mass is 9.88. The highest BCUT2D eigenvalue weighted by molar-refractivity contribution is 7.99. The van der Waals surface area contributed by atoms with Gasteiger partial charge in [0.2, 0.25) is 5.91 Å². The van der Waals surface area contributed by atoms with Gasteiger partial charge in [-0.3, -0.25) is 14.2 Å². The third-order valence-electron chi connectivity index (χ3n) is 5.63. The minimum absolute atomic E-state index is 0.0649. The van der Waals surface area contributed by atoms with Gasteiger partial charge < -0.3 is 5.32 Å². The van der Waals surface area contributed by atoms with Crippen molar-refractivity contribution in [1.82, 2.24) is 14.9 Å². The maximum atomic E-state index is 12.8. The first-order valence-corrected chi connectivity index (χ1v) is 12.1. The number of thioether (sulfide) groups is 1. The van der Waals surface area contributed by atoms with E-state index in [1.165, 1.54) is 22.9 Å². The van der Waals surface area contributed by atoms with Gasteiger partial charge in [-0.2, -0.15) is 0 Å². The highest BCUT2D eigenvalue weighted by Crippen LogP contribution is 2.27. The largest absolute Gasteiger partial charge is 0.355 e. The molecule has 0 saturated heterocycles. The Labute approximate surface area is 197 Å². The van der Waals surface area contributed by atoms with Gasteiger partial charge in [-0.1, -0.05) is 84.6 Å². The van der Waals surface area contributed by atoms with E-state index in [0.29, 0.717) is 29.1 Å². The van der Waals surface area contributed by atoms with Crippen LogP contribution in [0.3, 0.4) is 0 Å². The second-order valence-electron chi connectivity index (χ2n) is 7.76. The number of carbonyl (C=O) groups is 1. The van der Waals surface area contributed by atoms with Crippen molar-refractivity contribution in [3.05, 3.63) is 106 Å². The van der Waals surface area contributed by atoms with Crippen LogP contribution in [-0.2, 0) is 11.3 Å². The fourth-order valence-electron chi connectivity index (χ4n) is 3.97. The molecule has 3 aromatic carbocycles. The predicted molar refractivity (Wildman–Crippen MR) is 135 cm³/mol. The Morgan fingerprint density at radius 2 is 1.55 bits per heavy atom. The highest BCUT2D eigenvalue weighted by Gasteiger charge is 2.15. The average molecular weight is 458 g/mol. The lowest BCUT2D eigenvalue weighted by molar-refractivity contribution is -0.118. The van der Waals surface area contributed by atoms with Crippen LogP contribution in [0.15, 0.2) is 94.9 Å². The molecule has 33 heavy (non-hydrogen) atoms. The van der Waals surface area contributed by atoms with Crippen LogP contribution < -0.4 is 10.9 Å². The first-order chi connectivity index (χ1) is 16.2. The second-order valence-corrected chi connectivity index (χ2v) is 8.70. The van der Waals surface area contributed by atoms with Crippen LogP contribution in [0.5, 0.6) is 0 Å². The molecule has 1 amide bonds. The summed E-state index contributed by atoms with van der Waals surface area (Å²) < 4.78 is 1.63. The van der Waals surface area contributed by atoms with E-state index in [1.807, 2.05) is 61.5 Å². The van der Waals surface area contributed by atoms with Crippen molar-refractivity contribution in [2.45, 2.75) is 31.0 Å². The van der Waals surface area contributed by atoms with E-state index in [1.54, 1.807) is 10.6 Å². The molecule has 4 aromatic rings. The van der Waals surface area contributed by atoms with Crippen molar-refractivity contribution >= 4 is 28.6 Å². The molecule has 0 aliphatic rings. The number of rotatable bonds is 9. The van der Waals surface area contributed by atoms with Crippen LogP contribution in [0, 0.1) is 0 Å². The van der Waals surface area contributed by atoms with Gasteiger partial charge in [-0.15, -0.1) is 0 Å². The molecule has 0 aliphatic carbocycles. The molecule has 1 heterocycles. The summed E-state index contributed by atoms with van der Waals surface area (Å²) in [6.07, 6.45) is 0.804.